The quantitative estimate of drug-likeness (QED) is 0.345. The number of nitrogens with two attached hydrogens (primary N) is 2. The second kappa shape index (κ2) is 9.57. The number of ether oxygens (including phenoxy) is 2. The second-order valence-electron chi connectivity index (χ2n) is 7.68. The molecule has 2 atom stereocenters. The fourth-order valence-corrected chi connectivity index (χ4v) is 2.67. The zero-order chi connectivity index (χ0) is 21.6. The highest BCUT2D eigenvalue weighted by Crippen LogP contribution is 2.18. The molecular formula is C19H28N4O6. The number of hydrogen-bond donors (Lipinski definition) is 3. The molecule has 5 N–H and O–H groups in total. The van der Waals surface area contributed by atoms with E-state index in [-0.39, 0.29) is 18.7 Å². The molecule has 10 nitrogen and oxygen atoms in total. The van der Waals surface area contributed by atoms with E-state index < -0.39 is 17.7 Å². The fourth-order valence-electron chi connectivity index (χ4n) is 2.67. The summed E-state index contributed by atoms with van der Waals surface area (Å²) >= 11 is 0. The highest BCUT2D eigenvalue weighted by atomic mass is 16.6. The van der Waals surface area contributed by atoms with Crippen LogP contribution < -0.4 is 16.4 Å². The van der Waals surface area contributed by atoms with Gasteiger partial charge in [-0.05, 0) is 51.5 Å². The molecule has 160 valence electrons. The van der Waals surface area contributed by atoms with E-state index in [0.29, 0.717) is 36.7 Å². The van der Waals surface area contributed by atoms with Crippen molar-refractivity contribution in [1.82, 2.24) is 4.90 Å². The number of benzene rings is 1. The summed E-state index contributed by atoms with van der Waals surface area (Å²) in [6.07, 6.45) is -0.899. The SMILES string of the molecule is CC(C)(C)OC(=O)N1CC[C@@H](N=C(N)c2ccc(OC[C@H](ON)C(=O)O)cc2)C1. The van der Waals surface area contributed by atoms with Crippen molar-refractivity contribution in [3.05, 3.63) is 29.8 Å². The number of carbonyl (C=O) groups is 2. The Labute approximate surface area is 169 Å². The molecule has 1 aliphatic rings. The summed E-state index contributed by atoms with van der Waals surface area (Å²) in [5.41, 5.74) is 6.24. The molecule has 0 saturated carbocycles. The minimum Gasteiger partial charge on any atom is -0.490 e. The summed E-state index contributed by atoms with van der Waals surface area (Å²) in [4.78, 5) is 33.4. The van der Waals surface area contributed by atoms with Gasteiger partial charge in [-0.1, -0.05) is 0 Å². The first-order valence-corrected chi connectivity index (χ1v) is 9.22. The van der Waals surface area contributed by atoms with Crippen LogP contribution in [0.3, 0.4) is 0 Å². The zero-order valence-corrected chi connectivity index (χ0v) is 16.8. The Bertz CT molecular complexity index is 744. The van der Waals surface area contributed by atoms with Gasteiger partial charge < -0.3 is 25.2 Å². The molecule has 0 spiro atoms. The highest BCUT2D eigenvalue weighted by Gasteiger charge is 2.29. The number of aliphatic carboxylic acids is 1. The lowest BCUT2D eigenvalue weighted by Gasteiger charge is -2.24. The largest absolute Gasteiger partial charge is 0.490 e. The van der Waals surface area contributed by atoms with E-state index in [2.05, 4.69) is 9.83 Å². The van der Waals surface area contributed by atoms with Crippen LogP contribution in [0.1, 0.15) is 32.8 Å². The number of aliphatic imine (C=N–C) groups is 1. The number of likely N-dealkylation sites (tertiary alicyclic amines) is 1. The Morgan fingerprint density at radius 1 is 1.31 bits per heavy atom. The van der Waals surface area contributed by atoms with Crippen LogP contribution in [-0.2, 0) is 14.4 Å². The monoisotopic (exact) mass is 408 g/mol. The molecule has 1 saturated heterocycles. The van der Waals surface area contributed by atoms with Crippen molar-refractivity contribution in [2.45, 2.75) is 44.9 Å². The van der Waals surface area contributed by atoms with Crippen LogP contribution in [0.4, 0.5) is 4.79 Å². The van der Waals surface area contributed by atoms with Gasteiger partial charge in [0.1, 0.15) is 23.8 Å². The van der Waals surface area contributed by atoms with Crippen molar-refractivity contribution in [1.29, 1.82) is 0 Å². The molecule has 0 bridgehead atoms. The van der Waals surface area contributed by atoms with E-state index in [1.807, 2.05) is 20.8 Å². The van der Waals surface area contributed by atoms with E-state index in [9.17, 15) is 9.59 Å². The molecule has 1 heterocycles. The van der Waals surface area contributed by atoms with Crippen LogP contribution >= 0.6 is 0 Å². The number of hydrogen-bond acceptors (Lipinski definition) is 7. The highest BCUT2D eigenvalue weighted by molar-refractivity contribution is 5.97. The van der Waals surface area contributed by atoms with Crippen LogP contribution in [0.2, 0.25) is 0 Å². The molecule has 1 aliphatic heterocycles. The first-order chi connectivity index (χ1) is 13.6. The van der Waals surface area contributed by atoms with Gasteiger partial charge in [-0.25, -0.2) is 15.5 Å². The topological polar surface area (TPSA) is 150 Å². The lowest BCUT2D eigenvalue weighted by molar-refractivity contribution is -0.152. The normalized spacial score (nSPS) is 18.4. The maximum atomic E-state index is 12.1. The van der Waals surface area contributed by atoms with Crippen LogP contribution in [0, 0.1) is 0 Å². The smallest absolute Gasteiger partial charge is 0.410 e. The predicted octanol–water partition coefficient (Wildman–Crippen LogP) is 1.12. The molecule has 1 aromatic carbocycles. The van der Waals surface area contributed by atoms with E-state index in [1.54, 1.807) is 29.2 Å². The van der Waals surface area contributed by atoms with Crippen molar-refractivity contribution in [2.24, 2.45) is 16.6 Å². The van der Waals surface area contributed by atoms with Crippen LogP contribution in [0.15, 0.2) is 29.3 Å². The Kier molecular flexibility index (Phi) is 7.40. The molecule has 0 aliphatic carbocycles. The van der Waals surface area contributed by atoms with Crippen LogP contribution in [0.5, 0.6) is 5.75 Å². The summed E-state index contributed by atoms with van der Waals surface area (Å²) < 4.78 is 10.7. The average molecular weight is 408 g/mol. The van der Waals surface area contributed by atoms with E-state index in [0.717, 1.165) is 0 Å². The number of amides is 1. The van der Waals surface area contributed by atoms with Gasteiger partial charge in [0.25, 0.3) is 0 Å². The van der Waals surface area contributed by atoms with Gasteiger partial charge in [0, 0.05) is 18.7 Å². The molecule has 29 heavy (non-hydrogen) atoms. The van der Waals surface area contributed by atoms with Gasteiger partial charge >= 0.3 is 12.1 Å². The molecule has 1 amide bonds. The third kappa shape index (κ3) is 6.91. The molecule has 1 fully saturated rings. The Morgan fingerprint density at radius 2 is 1.97 bits per heavy atom. The summed E-state index contributed by atoms with van der Waals surface area (Å²) in [6.45, 7) is 6.27. The number of nitrogens with zero attached hydrogens (tertiary/aromatic N) is 2. The summed E-state index contributed by atoms with van der Waals surface area (Å²) in [5.74, 6) is 4.50. The van der Waals surface area contributed by atoms with E-state index in [4.69, 9.17) is 26.2 Å². The number of amidine groups is 1. The minimum absolute atomic E-state index is 0.100. The van der Waals surface area contributed by atoms with Gasteiger partial charge in [-0.3, -0.25) is 9.83 Å². The summed E-state index contributed by atoms with van der Waals surface area (Å²) in [7, 11) is 0. The van der Waals surface area contributed by atoms with Gasteiger partial charge in [0.05, 0.1) is 6.04 Å². The minimum atomic E-state index is -1.25. The van der Waals surface area contributed by atoms with Gasteiger partial charge in [-0.2, -0.15) is 0 Å². The first-order valence-electron chi connectivity index (χ1n) is 9.22. The number of rotatable bonds is 7. The maximum absolute atomic E-state index is 12.1. The molecule has 0 radical (unpaired) electrons. The van der Waals surface area contributed by atoms with E-state index >= 15 is 0 Å². The Morgan fingerprint density at radius 3 is 2.52 bits per heavy atom. The third-order valence-electron chi connectivity index (χ3n) is 4.13. The van der Waals surface area contributed by atoms with Crippen molar-refractivity contribution >= 4 is 17.9 Å². The Hall–Kier alpha value is -2.85. The van der Waals surface area contributed by atoms with Gasteiger partial charge in [0.15, 0.2) is 0 Å². The summed E-state index contributed by atoms with van der Waals surface area (Å²) in [6, 6.07) is 6.63. The molecule has 2 rings (SSSR count). The number of carboxylic acid groups (broad SMARTS) is 1. The molecular weight excluding hydrogens is 380 g/mol. The second-order valence-corrected chi connectivity index (χ2v) is 7.68. The molecule has 1 aromatic rings. The lowest BCUT2D eigenvalue weighted by Crippen LogP contribution is -2.35. The average Bonchev–Trinajstić information content (AvgIpc) is 3.09. The maximum Gasteiger partial charge on any atom is 0.410 e. The van der Waals surface area contributed by atoms with E-state index in [1.165, 1.54) is 0 Å². The number of carboxylic acids is 1. The van der Waals surface area contributed by atoms with Crippen molar-refractivity contribution in [3.63, 3.8) is 0 Å². The van der Waals surface area contributed by atoms with Gasteiger partial charge in [-0.15, -0.1) is 0 Å². The standard InChI is InChI=1S/C19H28N4O6/c1-19(2,3)28-18(26)23-9-8-13(10-23)22-16(20)12-4-6-14(7-5-12)27-11-15(29-21)17(24)25/h4-7,13,15H,8-11,21H2,1-3H3,(H2,20,22)(H,24,25)/t13-,15+/m1/s1. The first kappa shape index (κ1) is 22.4. The van der Waals surface area contributed by atoms with Crippen molar-refractivity contribution in [3.8, 4) is 5.75 Å². The van der Waals surface area contributed by atoms with Gasteiger partial charge in [0.2, 0.25) is 6.10 Å². The fraction of sp³-hybridized carbons (Fsp3) is 0.526. The summed E-state index contributed by atoms with van der Waals surface area (Å²) in [5, 5.41) is 8.86. The molecule has 0 aromatic heterocycles. The zero-order valence-electron chi connectivity index (χ0n) is 16.8. The third-order valence-corrected chi connectivity index (χ3v) is 4.13. The lowest BCUT2D eigenvalue weighted by atomic mass is 10.2. The van der Waals surface area contributed by atoms with Crippen molar-refractivity contribution < 1.29 is 29.0 Å². The van der Waals surface area contributed by atoms with Crippen LogP contribution in [0.25, 0.3) is 0 Å². The predicted molar refractivity (Wildman–Crippen MR) is 106 cm³/mol. The molecule has 10 heteroatoms. The van der Waals surface area contributed by atoms with Crippen molar-refractivity contribution in [2.75, 3.05) is 19.7 Å². The van der Waals surface area contributed by atoms with Crippen LogP contribution in [-0.4, -0.2) is 65.3 Å². The Balaban J connectivity index is 1.91. The molecule has 0 unspecified atom stereocenters. The number of carbonyl (C=O) groups excluding carboxylic acids is 1.